The summed E-state index contributed by atoms with van der Waals surface area (Å²) in [5, 5.41) is 3.07. The summed E-state index contributed by atoms with van der Waals surface area (Å²) in [4.78, 5) is 36.2. The molecule has 2 aromatic carbocycles. The van der Waals surface area contributed by atoms with Crippen LogP contribution in [0, 0.1) is 23.4 Å². The van der Waals surface area contributed by atoms with E-state index in [9.17, 15) is 22.8 Å². The number of aromatic nitrogens is 3. The molecule has 0 saturated carbocycles. The van der Waals surface area contributed by atoms with Crippen LogP contribution in [0.15, 0.2) is 67.1 Å². The van der Waals surface area contributed by atoms with Crippen LogP contribution in [-0.2, 0) is 24.8 Å². The molecule has 224 valence electrons. The molecule has 0 aliphatic carbocycles. The van der Waals surface area contributed by atoms with Crippen LogP contribution < -0.4 is 11.1 Å². The molecule has 1 atom stereocenters. The topological polar surface area (TPSA) is 102 Å². The summed E-state index contributed by atoms with van der Waals surface area (Å²) in [7, 11) is 0. The average Bonchev–Trinajstić information content (AvgIpc) is 3.47. The number of halogens is 3. The zero-order valence-electron chi connectivity index (χ0n) is 24.4. The first kappa shape index (κ1) is 29.1. The summed E-state index contributed by atoms with van der Waals surface area (Å²) < 4.78 is 42.6. The van der Waals surface area contributed by atoms with E-state index in [1.54, 1.807) is 35.1 Å². The maximum atomic E-state index is 13.8. The molecule has 44 heavy (non-hydrogen) atoms. The Hall–Kier alpha value is -4.99. The van der Waals surface area contributed by atoms with Crippen molar-refractivity contribution in [2.45, 2.75) is 45.6 Å². The maximum Gasteiger partial charge on any atom is 0.254 e. The number of fused-ring (bicyclic) bond motifs is 2. The molecule has 3 aromatic heterocycles. The van der Waals surface area contributed by atoms with Gasteiger partial charge in [-0.15, -0.1) is 0 Å². The molecule has 10 heteroatoms. The highest BCUT2D eigenvalue weighted by molar-refractivity contribution is 6.11. The van der Waals surface area contributed by atoms with E-state index >= 15 is 0 Å². The summed E-state index contributed by atoms with van der Waals surface area (Å²) in [6.07, 6.45) is 4.43. The number of primary amides is 1. The number of hydrogen-bond acceptors (Lipinski definition) is 4. The number of carbonyl (C=O) groups is 2. The molecule has 3 N–H and O–H groups in total. The molecule has 2 amide bonds. The van der Waals surface area contributed by atoms with Crippen molar-refractivity contribution in [1.82, 2.24) is 19.7 Å². The number of carbonyl (C=O) groups excluding carboxylic acids is 2. The number of imidazole rings is 1. The van der Waals surface area contributed by atoms with Crippen molar-refractivity contribution in [2.24, 2.45) is 11.7 Å². The van der Waals surface area contributed by atoms with Crippen LogP contribution in [0.4, 0.5) is 13.2 Å². The molecular weight excluding hydrogens is 567 g/mol. The van der Waals surface area contributed by atoms with Crippen molar-refractivity contribution in [3.8, 4) is 11.1 Å². The van der Waals surface area contributed by atoms with E-state index < -0.39 is 29.0 Å². The third-order valence-electron chi connectivity index (χ3n) is 7.99. The molecule has 0 radical (unpaired) electrons. The Labute approximate surface area is 252 Å². The van der Waals surface area contributed by atoms with Crippen LogP contribution >= 0.6 is 0 Å². The maximum absolute atomic E-state index is 13.8. The Morgan fingerprint density at radius 1 is 0.977 bits per heavy atom. The van der Waals surface area contributed by atoms with Crippen LogP contribution in [0.2, 0.25) is 0 Å². The lowest BCUT2D eigenvalue weighted by atomic mass is 9.85. The minimum atomic E-state index is -0.933. The summed E-state index contributed by atoms with van der Waals surface area (Å²) in [5.74, 6) is -3.16. The highest BCUT2D eigenvalue weighted by Crippen LogP contribution is 2.41. The smallest absolute Gasteiger partial charge is 0.254 e. The minimum absolute atomic E-state index is 0.134. The van der Waals surface area contributed by atoms with Gasteiger partial charge in [0.15, 0.2) is 11.6 Å². The largest absolute Gasteiger partial charge is 0.366 e. The highest BCUT2D eigenvalue weighted by Gasteiger charge is 2.44. The molecule has 0 bridgehead atoms. The van der Waals surface area contributed by atoms with Gasteiger partial charge in [-0.25, -0.2) is 18.2 Å². The van der Waals surface area contributed by atoms with Crippen molar-refractivity contribution in [3.63, 3.8) is 0 Å². The predicted octanol–water partition coefficient (Wildman–Crippen LogP) is 5.90. The van der Waals surface area contributed by atoms with Crippen molar-refractivity contribution in [2.75, 3.05) is 0 Å². The monoisotopic (exact) mass is 597 g/mol. The van der Waals surface area contributed by atoms with Gasteiger partial charge in [0.25, 0.3) is 11.8 Å². The average molecular weight is 598 g/mol. The van der Waals surface area contributed by atoms with Crippen LogP contribution in [0.1, 0.15) is 69.7 Å². The summed E-state index contributed by atoms with van der Waals surface area (Å²) in [6.45, 7) is 5.88. The SMILES string of the molecule is CC(C)Cc1nc2c(c(-c3ccc4c(Cc5ccc(F)c(F)c5)ncn4c3)c1C(N)=O)C(=O)NC2(C)Cc1ccc(F)cc1. The quantitative estimate of drug-likeness (QED) is 0.232. The Kier molecular flexibility index (Phi) is 7.23. The normalized spacial score (nSPS) is 16.0. The highest BCUT2D eigenvalue weighted by atomic mass is 19.2. The van der Waals surface area contributed by atoms with Gasteiger partial charge in [-0.3, -0.25) is 14.6 Å². The van der Waals surface area contributed by atoms with Gasteiger partial charge in [0.1, 0.15) is 5.82 Å². The second kappa shape index (κ2) is 10.9. The van der Waals surface area contributed by atoms with Crippen LogP contribution in [0.5, 0.6) is 0 Å². The molecule has 1 aliphatic rings. The van der Waals surface area contributed by atoms with E-state index in [1.807, 2.05) is 26.8 Å². The van der Waals surface area contributed by atoms with Crippen molar-refractivity contribution < 1.29 is 22.8 Å². The number of pyridine rings is 2. The molecule has 7 nitrogen and oxygen atoms in total. The molecule has 1 unspecified atom stereocenters. The van der Waals surface area contributed by atoms with Gasteiger partial charge in [-0.2, -0.15) is 0 Å². The Morgan fingerprint density at radius 2 is 1.70 bits per heavy atom. The van der Waals surface area contributed by atoms with Gasteiger partial charge in [0, 0.05) is 30.2 Å². The van der Waals surface area contributed by atoms with Crippen LogP contribution in [0.25, 0.3) is 16.6 Å². The lowest BCUT2D eigenvalue weighted by molar-refractivity contribution is 0.0935. The standard InChI is InChI=1S/C34H30F3N5O2/c1-18(2)12-26-29(32(38)43)28(30-31(40-26)34(3,41-33(30)44)15-19-4-8-22(35)9-5-19)21-7-11-27-25(39-17-42(27)16-21)14-20-6-10-23(36)24(37)13-20/h4-11,13,16-18H,12,14-15H2,1-3H3,(H2,38,43)(H,41,44). The molecule has 5 aromatic rings. The Balaban J connectivity index is 1.50. The zero-order valence-corrected chi connectivity index (χ0v) is 24.4. The van der Waals surface area contributed by atoms with Gasteiger partial charge < -0.3 is 15.5 Å². The second-order valence-electron chi connectivity index (χ2n) is 11.9. The first-order valence-electron chi connectivity index (χ1n) is 14.3. The summed E-state index contributed by atoms with van der Waals surface area (Å²) >= 11 is 0. The van der Waals surface area contributed by atoms with Crippen LogP contribution in [-0.4, -0.2) is 26.2 Å². The van der Waals surface area contributed by atoms with Crippen molar-refractivity contribution >= 4 is 17.3 Å². The number of nitrogens with one attached hydrogen (secondary N) is 1. The van der Waals surface area contributed by atoms with E-state index in [-0.39, 0.29) is 29.3 Å². The zero-order chi connectivity index (χ0) is 31.3. The molecule has 0 fully saturated rings. The van der Waals surface area contributed by atoms with Gasteiger partial charge in [0.2, 0.25) is 0 Å². The fourth-order valence-corrected chi connectivity index (χ4v) is 6.04. The number of rotatable bonds is 8. The Morgan fingerprint density at radius 3 is 2.39 bits per heavy atom. The summed E-state index contributed by atoms with van der Waals surface area (Å²) in [5.41, 5.74) is 10.2. The number of nitrogens with two attached hydrogens (primary N) is 1. The molecule has 6 rings (SSSR count). The number of amides is 2. The minimum Gasteiger partial charge on any atom is -0.366 e. The predicted molar refractivity (Wildman–Crippen MR) is 160 cm³/mol. The van der Waals surface area contributed by atoms with Gasteiger partial charge in [-0.1, -0.05) is 38.1 Å². The number of nitrogens with zero attached hydrogens (tertiary/aromatic N) is 3. The van der Waals surface area contributed by atoms with Crippen molar-refractivity contribution in [3.05, 3.63) is 124 Å². The van der Waals surface area contributed by atoms with E-state index in [0.717, 1.165) is 23.2 Å². The van der Waals surface area contributed by atoms with E-state index in [4.69, 9.17) is 10.7 Å². The van der Waals surface area contributed by atoms with Crippen molar-refractivity contribution in [1.29, 1.82) is 0 Å². The van der Waals surface area contributed by atoms with Gasteiger partial charge in [0.05, 0.1) is 45.6 Å². The van der Waals surface area contributed by atoms with E-state index in [0.29, 0.717) is 46.6 Å². The third kappa shape index (κ3) is 5.21. The third-order valence-corrected chi connectivity index (χ3v) is 7.99. The molecule has 1 aliphatic heterocycles. The fourth-order valence-electron chi connectivity index (χ4n) is 6.04. The number of hydrogen-bond donors (Lipinski definition) is 2. The van der Waals surface area contributed by atoms with Gasteiger partial charge >= 0.3 is 0 Å². The molecular formula is C34H30F3N5O2. The van der Waals surface area contributed by atoms with Crippen LogP contribution in [0.3, 0.4) is 0 Å². The molecule has 0 saturated heterocycles. The molecule has 4 heterocycles. The first-order valence-corrected chi connectivity index (χ1v) is 14.3. The molecule has 0 spiro atoms. The second-order valence-corrected chi connectivity index (χ2v) is 11.9. The number of benzene rings is 2. The van der Waals surface area contributed by atoms with E-state index in [1.165, 1.54) is 18.2 Å². The lowest BCUT2D eigenvalue weighted by Crippen LogP contribution is -2.39. The first-order chi connectivity index (χ1) is 20.9. The fraction of sp³-hybridized carbons (Fsp3) is 0.235. The summed E-state index contributed by atoms with van der Waals surface area (Å²) in [6, 6.07) is 13.4. The Bertz CT molecular complexity index is 1950. The lowest BCUT2D eigenvalue weighted by Gasteiger charge is -2.26. The van der Waals surface area contributed by atoms with E-state index in [2.05, 4.69) is 10.3 Å². The van der Waals surface area contributed by atoms with Gasteiger partial charge in [-0.05, 0) is 60.7 Å².